The Hall–Kier alpha value is -3.85. The van der Waals surface area contributed by atoms with E-state index in [4.69, 9.17) is 30.9 Å². The summed E-state index contributed by atoms with van der Waals surface area (Å²) in [5.41, 5.74) is 4.54. The highest BCUT2D eigenvalue weighted by molar-refractivity contribution is 6.31. The van der Waals surface area contributed by atoms with Gasteiger partial charge in [-0.15, -0.1) is 0 Å². The standard InChI is InChI=1S/C30H31ClN4O4/c1-21-24(30(33-34(21)2)22-8-4-3-5-9-22)19-35-14-15-37-16-17-38-27-10-6-7-11-28(27)39-26-13-12-23(31)18-25(26)32-29(36)20-35/h3-13,18H,14-17,19-20H2,1-2H3,(H,32,36). The number of rotatable bonds is 3. The van der Waals surface area contributed by atoms with Crippen LogP contribution in [0.5, 0.6) is 17.2 Å². The van der Waals surface area contributed by atoms with Crippen LogP contribution < -0.4 is 14.8 Å². The zero-order chi connectivity index (χ0) is 27.2. The first-order valence-corrected chi connectivity index (χ1v) is 13.2. The number of aromatic nitrogens is 2. The van der Waals surface area contributed by atoms with Gasteiger partial charge in [-0.2, -0.15) is 5.10 Å². The highest BCUT2D eigenvalue weighted by atomic mass is 35.5. The predicted molar refractivity (Wildman–Crippen MR) is 152 cm³/mol. The van der Waals surface area contributed by atoms with E-state index in [1.807, 2.05) is 73.3 Å². The number of hydrogen-bond donors (Lipinski definition) is 1. The molecular weight excluding hydrogens is 516 g/mol. The van der Waals surface area contributed by atoms with Crippen LogP contribution in [0.3, 0.4) is 0 Å². The first-order chi connectivity index (χ1) is 19.0. The SMILES string of the molecule is Cc1c(CN2CCOCCOc3ccccc3Oc3ccc(Cl)cc3NC(=O)C2)c(-c2ccccc2)nn1C. The van der Waals surface area contributed by atoms with Crippen molar-refractivity contribution >= 4 is 23.2 Å². The van der Waals surface area contributed by atoms with E-state index in [1.54, 1.807) is 18.2 Å². The molecule has 0 fully saturated rings. The van der Waals surface area contributed by atoms with Crippen LogP contribution in [-0.2, 0) is 23.1 Å². The summed E-state index contributed by atoms with van der Waals surface area (Å²) in [6.07, 6.45) is 0. The van der Waals surface area contributed by atoms with E-state index in [-0.39, 0.29) is 12.5 Å². The van der Waals surface area contributed by atoms with Gasteiger partial charge in [0.05, 0.1) is 31.1 Å². The second-order valence-corrected chi connectivity index (χ2v) is 9.75. The maximum atomic E-state index is 13.3. The normalized spacial score (nSPS) is 15.1. The predicted octanol–water partition coefficient (Wildman–Crippen LogP) is 5.69. The number of nitrogens with zero attached hydrogens (tertiary/aromatic N) is 3. The summed E-state index contributed by atoms with van der Waals surface area (Å²) in [5, 5.41) is 8.25. The molecule has 0 spiro atoms. The van der Waals surface area contributed by atoms with Gasteiger partial charge in [-0.05, 0) is 37.3 Å². The molecule has 0 atom stereocenters. The fraction of sp³-hybridized carbons (Fsp3) is 0.267. The van der Waals surface area contributed by atoms with Gasteiger partial charge in [0, 0.05) is 42.0 Å². The molecule has 2 heterocycles. The molecule has 202 valence electrons. The summed E-state index contributed by atoms with van der Waals surface area (Å²) in [7, 11) is 1.94. The smallest absolute Gasteiger partial charge is 0.238 e. The van der Waals surface area contributed by atoms with Crippen LogP contribution in [0.25, 0.3) is 11.3 Å². The molecule has 4 aromatic rings. The Labute approximate surface area is 233 Å². The fourth-order valence-corrected chi connectivity index (χ4v) is 4.64. The van der Waals surface area contributed by atoms with Crippen LogP contribution in [0.1, 0.15) is 11.3 Å². The van der Waals surface area contributed by atoms with Gasteiger partial charge in [-0.25, -0.2) is 0 Å². The maximum Gasteiger partial charge on any atom is 0.238 e. The van der Waals surface area contributed by atoms with E-state index in [9.17, 15) is 4.79 Å². The van der Waals surface area contributed by atoms with E-state index in [1.165, 1.54) is 0 Å². The summed E-state index contributed by atoms with van der Waals surface area (Å²) >= 11 is 6.28. The van der Waals surface area contributed by atoms with Crippen molar-refractivity contribution in [2.24, 2.45) is 7.05 Å². The van der Waals surface area contributed by atoms with Gasteiger partial charge in [0.15, 0.2) is 17.2 Å². The zero-order valence-corrected chi connectivity index (χ0v) is 22.8. The molecule has 9 heteroatoms. The van der Waals surface area contributed by atoms with Gasteiger partial charge in [-0.3, -0.25) is 14.4 Å². The summed E-state index contributed by atoms with van der Waals surface area (Å²) in [6.45, 7) is 4.48. The number of hydrogen-bond acceptors (Lipinski definition) is 6. The number of benzene rings is 3. The van der Waals surface area contributed by atoms with E-state index < -0.39 is 0 Å². The van der Waals surface area contributed by atoms with Crippen molar-refractivity contribution < 1.29 is 19.0 Å². The average molecular weight is 547 g/mol. The third-order valence-electron chi connectivity index (χ3n) is 6.58. The maximum absolute atomic E-state index is 13.3. The lowest BCUT2D eigenvalue weighted by Gasteiger charge is -2.22. The second-order valence-electron chi connectivity index (χ2n) is 9.31. The van der Waals surface area contributed by atoms with Gasteiger partial charge in [0.2, 0.25) is 5.91 Å². The lowest BCUT2D eigenvalue weighted by Crippen LogP contribution is -2.35. The summed E-state index contributed by atoms with van der Waals surface area (Å²) < 4.78 is 19.9. The van der Waals surface area contributed by atoms with Gasteiger partial charge in [0.1, 0.15) is 6.61 Å². The second kappa shape index (κ2) is 12.3. The third-order valence-corrected chi connectivity index (χ3v) is 6.81. The van der Waals surface area contributed by atoms with Gasteiger partial charge in [-0.1, -0.05) is 54.1 Å². The molecule has 1 N–H and O–H groups in total. The number of fused-ring (bicyclic) bond motifs is 2. The Morgan fingerprint density at radius 2 is 1.72 bits per heavy atom. The number of halogens is 1. The molecule has 39 heavy (non-hydrogen) atoms. The molecule has 3 aromatic carbocycles. The molecule has 0 unspecified atom stereocenters. The molecular formula is C30H31ClN4O4. The van der Waals surface area contributed by atoms with Crippen LogP contribution in [0.15, 0.2) is 72.8 Å². The minimum absolute atomic E-state index is 0.144. The number of aryl methyl sites for hydroxylation is 1. The van der Waals surface area contributed by atoms with Crippen molar-refractivity contribution in [2.75, 3.05) is 38.2 Å². The zero-order valence-electron chi connectivity index (χ0n) is 22.0. The lowest BCUT2D eigenvalue weighted by molar-refractivity contribution is -0.117. The van der Waals surface area contributed by atoms with E-state index >= 15 is 0 Å². The average Bonchev–Trinajstić information content (AvgIpc) is 3.21. The van der Waals surface area contributed by atoms with Crippen LogP contribution in [0.2, 0.25) is 5.02 Å². The topological polar surface area (TPSA) is 77.8 Å². The van der Waals surface area contributed by atoms with Crippen LogP contribution in [0.4, 0.5) is 5.69 Å². The van der Waals surface area contributed by atoms with E-state index in [2.05, 4.69) is 10.2 Å². The Morgan fingerprint density at radius 1 is 0.949 bits per heavy atom. The highest BCUT2D eigenvalue weighted by Gasteiger charge is 2.21. The molecule has 0 bridgehead atoms. The first-order valence-electron chi connectivity index (χ1n) is 12.8. The number of para-hydroxylation sites is 2. The molecule has 0 saturated heterocycles. The summed E-state index contributed by atoms with van der Waals surface area (Å²) in [5.74, 6) is 1.40. The number of anilines is 1. The fourth-order valence-electron chi connectivity index (χ4n) is 4.47. The van der Waals surface area contributed by atoms with Crippen molar-refractivity contribution in [3.8, 4) is 28.5 Å². The van der Waals surface area contributed by atoms with Crippen molar-refractivity contribution in [2.45, 2.75) is 13.5 Å². The highest BCUT2D eigenvalue weighted by Crippen LogP contribution is 2.36. The molecule has 1 aliphatic heterocycles. The molecule has 1 aromatic heterocycles. The lowest BCUT2D eigenvalue weighted by atomic mass is 10.1. The minimum atomic E-state index is -0.190. The van der Waals surface area contributed by atoms with Gasteiger partial charge >= 0.3 is 0 Å². The minimum Gasteiger partial charge on any atom is -0.487 e. The Kier molecular flexibility index (Phi) is 8.46. The van der Waals surface area contributed by atoms with Crippen LogP contribution in [-0.4, -0.2) is 53.5 Å². The molecule has 8 nitrogen and oxygen atoms in total. The van der Waals surface area contributed by atoms with E-state index in [0.29, 0.717) is 60.9 Å². The monoisotopic (exact) mass is 546 g/mol. The van der Waals surface area contributed by atoms with Crippen molar-refractivity contribution in [3.05, 3.63) is 89.1 Å². The molecule has 1 amide bonds. The van der Waals surface area contributed by atoms with Crippen molar-refractivity contribution in [1.82, 2.24) is 14.7 Å². The van der Waals surface area contributed by atoms with Crippen molar-refractivity contribution in [1.29, 1.82) is 0 Å². The van der Waals surface area contributed by atoms with E-state index in [0.717, 1.165) is 22.5 Å². The molecule has 5 rings (SSSR count). The largest absolute Gasteiger partial charge is 0.487 e. The van der Waals surface area contributed by atoms with Gasteiger partial charge in [0.25, 0.3) is 0 Å². The summed E-state index contributed by atoms with van der Waals surface area (Å²) in [4.78, 5) is 15.4. The molecule has 0 aliphatic carbocycles. The Balaban J connectivity index is 1.42. The van der Waals surface area contributed by atoms with Crippen LogP contribution >= 0.6 is 11.6 Å². The quantitative estimate of drug-likeness (QED) is 0.356. The molecule has 1 aliphatic rings. The molecule has 0 saturated carbocycles. The Bertz CT molecular complexity index is 1440. The Morgan fingerprint density at radius 3 is 2.54 bits per heavy atom. The number of carbonyl (C=O) groups excluding carboxylic acids is 1. The molecule has 0 radical (unpaired) electrons. The summed E-state index contributed by atoms with van der Waals surface area (Å²) in [6, 6.07) is 22.6. The number of carbonyl (C=O) groups is 1. The number of ether oxygens (including phenoxy) is 3. The van der Waals surface area contributed by atoms with Crippen molar-refractivity contribution in [3.63, 3.8) is 0 Å². The van der Waals surface area contributed by atoms with Gasteiger partial charge < -0.3 is 19.5 Å². The van der Waals surface area contributed by atoms with Crippen LogP contribution in [0, 0.1) is 6.92 Å². The first kappa shape index (κ1) is 26.7. The number of amides is 1. The number of nitrogens with one attached hydrogen (secondary N) is 1. The third kappa shape index (κ3) is 6.60.